The normalized spacial score (nSPS) is 9.82. The number of hydrogen-bond donors (Lipinski definition) is 0. The van der Waals surface area contributed by atoms with Gasteiger partial charge in [-0.25, -0.2) is 9.55 Å². The Morgan fingerprint density at radius 1 is 1.18 bits per heavy atom. The van der Waals surface area contributed by atoms with Gasteiger partial charge >= 0.3 is 11.8 Å². The first-order valence-corrected chi connectivity index (χ1v) is 12.3. The maximum absolute atomic E-state index is 11.5. The van der Waals surface area contributed by atoms with Gasteiger partial charge in [-0.15, -0.1) is 5.56 Å². The van der Waals surface area contributed by atoms with Crippen molar-refractivity contribution in [2.45, 2.75) is 19.9 Å². The average molecular weight is 587 g/mol. The Labute approximate surface area is 232 Å². The van der Waals surface area contributed by atoms with Crippen molar-refractivity contribution in [3.8, 4) is 0 Å². The number of imidazole rings is 1. The maximum atomic E-state index is 11.5. The summed E-state index contributed by atoms with van der Waals surface area (Å²) in [5, 5.41) is 10.6. The van der Waals surface area contributed by atoms with E-state index in [2.05, 4.69) is 22.7 Å². The van der Waals surface area contributed by atoms with Crippen LogP contribution in [0.15, 0.2) is 30.5 Å². The molecule has 1 heterocycles. The summed E-state index contributed by atoms with van der Waals surface area (Å²) in [7, 11) is 5.11. The molecule has 10 nitrogen and oxygen atoms in total. The molecule has 13 heteroatoms. The smallest absolute Gasteiger partial charge is 0.342 e. The number of nitro groups is 1. The van der Waals surface area contributed by atoms with Crippen molar-refractivity contribution in [3.05, 3.63) is 65.0 Å². The molecule has 0 aliphatic rings. The van der Waals surface area contributed by atoms with Crippen molar-refractivity contribution in [3.63, 3.8) is 0 Å². The molecule has 1 aromatic carbocycles. The fourth-order valence-corrected chi connectivity index (χ4v) is 4.05. The third-order valence-corrected chi connectivity index (χ3v) is 6.15. The van der Waals surface area contributed by atoms with Crippen LogP contribution in [0, 0.1) is 30.0 Å². The topological polar surface area (TPSA) is 123 Å². The molecule has 1 aromatic heterocycles. The Bertz CT molecular complexity index is 869. The predicted octanol–water partition coefficient (Wildman–Crippen LogP) is 3.07. The van der Waals surface area contributed by atoms with E-state index in [1.165, 1.54) is 10.8 Å². The van der Waals surface area contributed by atoms with Crippen LogP contribution in [0.4, 0.5) is 5.82 Å². The number of nitrogens with zero attached hydrogens (tertiary/aromatic N) is 3. The molecule has 0 unspecified atom stereocenters. The second kappa shape index (κ2) is 19.7. The molecule has 34 heavy (non-hydrogen) atoms. The minimum absolute atomic E-state index is 0. The van der Waals surface area contributed by atoms with E-state index < -0.39 is 10.9 Å². The van der Waals surface area contributed by atoms with E-state index in [1.807, 2.05) is 12.1 Å². The molecule has 1 radical (unpaired) electrons. The van der Waals surface area contributed by atoms with Crippen LogP contribution in [0.5, 0.6) is 0 Å². The zero-order valence-corrected chi connectivity index (χ0v) is 23.6. The quantitative estimate of drug-likeness (QED) is 0.0864. The molecule has 0 saturated carbocycles. The molecular formula is C21H27N3O7S2Y-2. The molecule has 185 valence electrons. The second-order valence-corrected chi connectivity index (χ2v) is 8.94. The van der Waals surface area contributed by atoms with Gasteiger partial charge in [0.2, 0.25) is 0 Å². The molecule has 0 spiro atoms. The largest absolute Gasteiger partial charge is 0.484 e. The summed E-state index contributed by atoms with van der Waals surface area (Å²) in [5.74, 6) is 1.31. The van der Waals surface area contributed by atoms with E-state index in [1.54, 1.807) is 47.8 Å². The SMILES string of the molecule is COCCSSCCOC(=O)Cc1cc[c-]cc1.[CH2-]C(=O)OCCn1c([N+](=O)[O-])cnc1C.[Y]. The van der Waals surface area contributed by atoms with Gasteiger partial charge in [-0.3, -0.25) is 16.5 Å². The Kier molecular flexibility index (Phi) is 18.8. The average Bonchev–Trinajstić information content (AvgIpc) is 3.15. The third kappa shape index (κ3) is 14.6. The minimum Gasteiger partial charge on any atom is -0.484 e. The van der Waals surface area contributed by atoms with Crippen LogP contribution in [0.3, 0.4) is 0 Å². The number of carbonyl (C=O) groups excluding carboxylic acids is 2. The Morgan fingerprint density at radius 3 is 2.41 bits per heavy atom. The van der Waals surface area contributed by atoms with Crippen LogP contribution in [0.1, 0.15) is 11.4 Å². The van der Waals surface area contributed by atoms with Gasteiger partial charge in [0.1, 0.15) is 26.0 Å². The zero-order chi connectivity index (χ0) is 24.5. The number of aryl methyl sites for hydroxylation is 1. The fraction of sp³-hybridized carbons (Fsp3) is 0.429. The number of rotatable bonds is 13. The first kappa shape index (κ1) is 32.4. The van der Waals surface area contributed by atoms with Crippen molar-refractivity contribution in [2.75, 3.05) is 38.4 Å². The van der Waals surface area contributed by atoms with Crippen LogP contribution in [0.2, 0.25) is 0 Å². The molecule has 0 fully saturated rings. The van der Waals surface area contributed by atoms with Gasteiger partial charge in [-0.2, -0.15) is 30.3 Å². The molecule has 0 saturated heterocycles. The molecule has 2 aromatic rings. The van der Waals surface area contributed by atoms with Crippen molar-refractivity contribution >= 4 is 39.3 Å². The van der Waals surface area contributed by atoms with E-state index >= 15 is 0 Å². The first-order valence-electron chi connectivity index (χ1n) is 9.84. The second-order valence-electron chi connectivity index (χ2n) is 6.24. The van der Waals surface area contributed by atoms with Crippen molar-refractivity contribution in [1.29, 1.82) is 0 Å². The van der Waals surface area contributed by atoms with Gasteiger partial charge in [0.05, 0.1) is 6.61 Å². The summed E-state index contributed by atoms with van der Waals surface area (Å²) in [4.78, 5) is 35.7. The monoisotopic (exact) mass is 586 g/mol. The number of hydrogen-bond acceptors (Lipinski definition) is 10. The Morgan fingerprint density at radius 2 is 1.82 bits per heavy atom. The van der Waals surface area contributed by atoms with Crippen molar-refractivity contribution < 1.29 is 61.4 Å². The molecular weight excluding hydrogens is 559 g/mol. The Balaban J connectivity index is 0.000000632. The number of methoxy groups -OCH3 is 1. The van der Waals surface area contributed by atoms with Crippen LogP contribution < -0.4 is 0 Å². The third-order valence-electron chi connectivity index (χ3n) is 3.82. The van der Waals surface area contributed by atoms with E-state index in [4.69, 9.17) is 9.47 Å². The Hall–Kier alpha value is -1.60. The summed E-state index contributed by atoms with van der Waals surface area (Å²) in [6, 6.07) is 10.3. The zero-order valence-electron chi connectivity index (χ0n) is 19.1. The van der Waals surface area contributed by atoms with Crippen LogP contribution >= 0.6 is 21.6 Å². The number of ether oxygens (including phenoxy) is 3. The molecule has 0 N–H and O–H groups in total. The predicted molar refractivity (Wildman–Crippen MR) is 127 cm³/mol. The molecule has 0 amide bonds. The molecule has 0 aliphatic heterocycles. The number of carbonyl (C=O) groups is 2. The van der Waals surface area contributed by atoms with E-state index in [-0.39, 0.29) is 57.6 Å². The van der Waals surface area contributed by atoms with Crippen LogP contribution in [-0.2, 0) is 69.5 Å². The minimum atomic E-state index is -0.657. The number of benzene rings is 1. The van der Waals surface area contributed by atoms with Crippen LogP contribution in [-0.4, -0.2) is 64.8 Å². The molecule has 0 aliphatic carbocycles. The summed E-state index contributed by atoms with van der Waals surface area (Å²) < 4.78 is 16.0. The molecule has 0 bridgehead atoms. The van der Waals surface area contributed by atoms with Gasteiger partial charge in [-0.05, 0) is 4.92 Å². The summed E-state index contributed by atoms with van der Waals surface area (Å²) in [6.45, 7) is 6.11. The maximum Gasteiger partial charge on any atom is 0.342 e. The number of aromatic nitrogens is 2. The van der Waals surface area contributed by atoms with Gasteiger partial charge < -0.3 is 24.3 Å². The van der Waals surface area contributed by atoms with E-state index in [0.29, 0.717) is 18.9 Å². The fourth-order valence-electron chi connectivity index (χ4n) is 2.31. The van der Waals surface area contributed by atoms with Gasteiger partial charge in [0.25, 0.3) is 0 Å². The molecule has 0 atom stereocenters. The van der Waals surface area contributed by atoms with Crippen molar-refractivity contribution in [2.24, 2.45) is 0 Å². The number of esters is 2. The summed E-state index contributed by atoms with van der Waals surface area (Å²) in [5.41, 5.74) is 0.959. The first-order chi connectivity index (χ1) is 15.8. The standard InChI is InChI=1S/C13H17O3S2.C8H10N3O4.Y/c1-15-7-9-17-18-10-8-16-13(14)11-12-5-3-2-4-6-12;1-6-9-5-8(11(13)14)10(6)3-4-15-7(2)12;/h3-6H,7-11H2,1H3;5H,2-4H2,1H3;/q2*-1;. The van der Waals surface area contributed by atoms with E-state index in [0.717, 1.165) is 23.7 Å². The van der Waals surface area contributed by atoms with Gasteiger partial charge in [0.15, 0.2) is 11.8 Å². The van der Waals surface area contributed by atoms with E-state index in [9.17, 15) is 19.7 Å². The van der Waals surface area contributed by atoms with Gasteiger partial charge in [0, 0.05) is 64.7 Å². The van der Waals surface area contributed by atoms with Crippen molar-refractivity contribution in [1.82, 2.24) is 9.55 Å². The van der Waals surface area contributed by atoms with Crippen LogP contribution in [0.25, 0.3) is 0 Å². The summed E-state index contributed by atoms with van der Waals surface area (Å²) in [6.07, 6.45) is 1.50. The molecule has 2 rings (SSSR count). The van der Waals surface area contributed by atoms with Gasteiger partial charge in [-0.1, -0.05) is 21.6 Å². The summed E-state index contributed by atoms with van der Waals surface area (Å²) >= 11 is 0.